The maximum absolute atomic E-state index is 9.21. The standard InChI is InChI=1S/C6H11BrO5/c7-6-5(11)4(10)3(9)2(1-8)12-6/h2-6,8-11H,1H2/t2-,3-,4+,5+,6+/m1/s1. The average Bonchev–Trinajstić information content (AvgIpc) is 2.08. The van der Waals surface area contributed by atoms with Gasteiger partial charge in [-0.25, -0.2) is 0 Å². The van der Waals surface area contributed by atoms with Crippen molar-refractivity contribution in [3.8, 4) is 0 Å². The average molecular weight is 243 g/mol. The Hall–Kier alpha value is 0.280. The first-order valence-corrected chi connectivity index (χ1v) is 4.44. The SMILES string of the molecule is OC[C@H]1O[C@H](Br)[C@@H](O)[C@@H](O)[C@@H]1O. The minimum absolute atomic E-state index is 0.396. The van der Waals surface area contributed by atoms with Crippen molar-refractivity contribution in [1.29, 1.82) is 0 Å². The number of halogens is 1. The molecule has 72 valence electrons. The molecule has 1 fully saturated rings. The van der Waals surface area contributed by atoms with Crippen LogP contribution in [0.5, 0.6) is 0 Å². The molecule has 0 spiro atoms. The Morgan fingerprint density at radius 2 is 1.67 bits per heavy atom. The predicted molar refractivity (Wildman–Crippen MR) is 42.7 cm³/mol. The van der Waals surface area contributed by atoms with Gasteiger partial charge in [-0.3, -0.25) is 0 Å². The van der Waals surface area contributed by atoms with Crippen LogP contribution in [0.1, 0.15) is 0 Å². The monoisotopic (exact) mass is 242 g/mol. The lowest BCUT2D eigenvalue weighted by atomic mass is 10.0. The Balaban J connectivity index is 2.63. The number of aliphatic hydroxyl groups is 4. The summed E-state index contributed by atoms with van der Waals surface area (Å²) in [6.45, 7) is -0.396. The molecule has 1 aliphatic rings. The molecule has 6 heteroatoms. The first kappa shape index (κ1) is 10.4. The third-order valence-electron chi connectivity index (χ3n) is 1.83. The van der Waals surface area contributed by atoms with Crippen LogP contribution in [0.3, 0.4) is 0 Å². The molecule has 0 saturated carbocycles. The van der Waals surface area contributed by atoms with Gasteiger partial charge in [-0.15, -0.1) is 0 Å². The van der Waals surface area contributed by atoms with Crippen molar-refractivity contribution in [2.75, 3.05) is 6.61 Å². The molecule has 12 heavy (non-hydrogen) atoms. The van der Waals surface area contributed by atoms with Crippen LogP contribution in [-0.2, 0) is 4.74 Å². The Morgan fingerprint density at radius 1 is 1.08 bits per heavy atom. The van der Waals surface area contributed by atoms with E-state index in [1.165, 1.54) is 0 Å². The summed E-state index contributed by atoms with van der Waals surface area (Å²) >= 11 is 2.95. The van der Waals surface area contributed by atoms with E-state index in [1.54, 1.807) is 0 Å². The van der Waals surface area contributed by atoms with Gasteiger partial charge in [0.1, 0.15) is 29.4 Å². The highest BCUT2D eigenvalue weighted by Gasteiger charge is 2.42. The summed E-state index contributed by atoms with van der Waals surface area (Å²) in [7, 11) is 0. The smallest absolute Gasteiger partial charge is 0.141 e. The fourth-order valence-corrected chi connectivity index (χ4v) is 1.65. The second-order valence-corrected chi connectivity index (χ2v) is 3.58. The van der Waals surface area contributed by atoms with Crippen LogP contribution in [0, 0.1) is 0 Å². The summed E-state index contributed by atoms with van der Waals surface area (Å²) < 4.78 is 4.94. The van der Waals surface area contributed by atoms with E-state index in [1.807, 2.05) is 0 Å². The maximum atomic E-state index is 9.21. The first-order chi connectivity index (χ1) is 5.57. The van der Waals surface area contributed by atoms with Crippen molar-refractivity contribution in [3.05, 3.63) is 0 Å². The molecule has 0 aliphatic carbocycles. The van der Waals surface area contributed by atoms with Crippen molar-refractivity contribution in [2.24, 2.45) is 0 Å². The lowest BCUT2D eigenvalue weighted by Crippen LogP contribution is -2.56. The van der Waals surface area contributed by atoms with E-state index in [9.17, 15) is 10.2 Å². The summed E-state index contributed by atoms with van der Waals surface area (Å²) in [4.78, 5) is 0. The Kier molecular flexibility index (Phi) is 3.45. The quantitative estimate of drug-likeness (QED) is 0.407. The molecule has 0 amide bonds. The fraction of sp³-hybridized carbons (Fsp3) is 1.00. The number of ether oxygens (including phenoxy) is 1. The molecule has 0 radical (unpaired) electrons. The number of rotatable bonds is 1. The van der Waals surface area contributed by atoms with Crippen LogP contribution < -0.4 is 0 Å². The molecule has 5 atom stereocenters. The Bertz CT molecular complexity index is 150. The molecule has 5 nitrogen and oxygen atoms in total. The molecule has 1 saturated heterocycles. The Labute approximate surface area is 77.7 Å². The van der Waals surface area contributed by atoms with Crippen LogP contribution in [0.25, 0.3) is 0 Å². The van der Waals surface area contributed by atoms with Gasteiger partial charge in [0.05, 0.1) is 6.61 Å². The molecule has 4 N–H and O–H groups in total. The lowest BCUT2D eigenvalue weighted by molar-refractivity contribution is -0.203. The van der Waals surface area contributed by atoms with E-state index >= 15 is 0 Å². The molecule has 0 bridgehead atoms. The van der Waals surface area contributed by atoms with Crippen molar-refractivity contribution in [3.63, 3.8) is 0 Å². The van der Waals surface area contributed by atoms with Crippen LogP contribution in [0.2, 0.25) is 0 Å². The van der Waals surface area contributed by atoms with Gasteiger partial charge in [0, 0.05) is 0 Å². The van der Waals surface area contributed by atoms with Gasteiger partial charge in [0.15, 0.2) is 0 Å². The molecule has 1 rings (SSSR count). The lowest BCUT2D eigenvalue weighted by Gasteiger charge is -2.37. The number of alkyl halides is 1. The minimum atomic E-state index is -1.29. The molecule has 0 aromatic carbocycles. The molecule has 1 aliphatic heterocycles. The van der Waals surface area contributed by atoms with E-state index in [2.05, 4.69) is 15.9 Å². The number of hydrogen-bond donors (Lipinski definition) is 4. The second-order valence-electron chi connectivity index (χ2n) is 2.68. The molecule has 0 aromatic heterocycles. The number of aliphatic hydroxyl groups excluding tert-OH is 4. The topological polar surface area (TPSA) is 90.2 Å². The van der Waals surface area contributed by atoms with Gasteiger partial charge in [-0.2, -0.15) is 0 Å². The zero-order valence-electron chi connectivity index (χ0n) is 6.17. The van der Waals surface area contributed by atoms with Gasteiger partial charge in [-0.05, 0) is 0 Å². The number of hydrogen-bond acceptors (Lipinski definition) is 5. The molecule has 0 unspecified atom stereocenters. The van der Waals surface area contributed by atoms with Crippen LogP contribution in [0.15, 0.2) is 0 Å². The summed E-state index contributed by atoms with van der Waals surface area (Å²) in [5.74, 6) is 0. The molecular weight excluding hydrogens is 232 g/mol. The largest absolute Gasteiger partial charge is 0.394 e. The van der Waals surface area contributed by atoms with E-state index in [-0.39, 0.29) is 0 Å². The van der Waals surface area contributed by atoms with Crippen LogP contribution >= 0.6 is 15.9 Å². The molecule has 0 aromatic rings. The Morgan fingerprint density at radius 3 is 2.17 bits per heavy atom. The van der Waals surface area contributed by atoms with Crippen molar-refractivity contribution in [2.45, 2.75) is 29.4 Å². The summed E-state index contributed by atoms with van der Waals surface area (Å²) in [6.07, 6.45) is -4.57. The maximum Gasteiger partial charge on any atom is 0.141 e. The zero-order chi connectivity index (χ0) is 9.30. The van der Waals surface area contributed by atoms with Gasteiger partial charge in [0.2, 0.25) is 0 Å². The van der Waals surface area contributed by atoms with Gasteiger partial charge in [-0.1, -0.05) is 15.9 Å². The summed E-state index contributed by atoms with van der Waals surface area (Å²) in [6, 6.07) is 0. The zero-order valence-corrected chi connectivity index (χ0v) is 7.75. The fourth-order valence-electron chi connectivity index (χ4n) is 1.06. The highest BCUT2D eigenvalue weighted by Crippen LogP contribution is 2.24. The third-order valence-corrected chi connectivity index (χ3v) is 2.59. The van der Waals surface area contributed by atoms with E-state index in [0.717, 1.165) is 0 Å². The molecule has 1 heterocycles. The molecular formula is C6H11BrO5. The third kappa shape index (κ3) is 1.78. The normalized spacial score (nSPS) is 49.2. The second kappa shape index (κ2) is 3.99. The van der Waals surface area contributed by atoms with E-state index in [4.69, 9.17) is 14.9 Å². The highest BCUT2D eigenvalue weighted by atomic mass is 79.9. The minimum Gasteiger partial charge on any atom is -0.394 e. The summed E-state index contributed by atoms with van der Waals surface area (Å²) in [5.41, 5.74) is 0. The van der Waals surface area contributed by atoms with E-state index in [0.29, 0.717) is 0 Å². The van der Waals surface area contributed by atoms with Crippen molar-refractivity contribution in [1.82, 2.24) is 0 Å². The van der Waals surface area contributed by atoms with Crippen molar-refractivity contribution < 1.29 is 25.2 Å². The summed E-state index contributed by atoms with van der Waals surface area (Å²) in [5, 5.41) is 35.5. The van der Waals surface area contributed by atoms with Crippen LogP contribution in [-0.4, -0.2) is 56.5 Å². The van der Waals surface area contributed by atoms with E-state index < -0.39 is 36.0 Å². The van der Waals surface area contributed by atoms with Gasteiger partial charge < -0.3 is 25.2 Å². The van der Waals surface area contributed by atoms with Gasteiger partial charge >= 0.3 is 0 Å². The van der Waals surface area contributed by atoms with Crippen molar-refractivity contribution >= 4 is 15.9 Å². The van der Waals surface area contributed by atoms with Gasteiger partial charge in [0.25, 0.3) is 0 Å². The first-order valence-electron chi connectivity index (χ1n) is 3.52. The predicted octanol–water partition coefficient (Wildman–Crippen LogP) is -1.82. The van der Waals surface area contributed by atoms with Crippen LogP contribution in [0.4, 0.5) is 0 Å². The highest BCUT2D eigenvalue weighted by molar-refractivity contribution is 9.09.